The van der Waals surface area contributed by atoms with Crippen LogP contribution in [0.5, 0.6) is 0 Å². The molecule has 6 heteroatoms. The Bertz CT molecular complexity index is 434. The first-order valence-electron chi connectivity index (χ1n) is 5.52. The first-order chi connectivity index (χ1) is 8.26. The molecule has 5 nitrogen and oxygen atoms in total. The molecular weight excluding hydrogens is 254 g/mol. The molecule has 1 rings (SSSR count). The Morgan fingerprint density at radius 3 is 2.50 bits per heavy atom. The van der Waals surface area contributed by atoms with E-state index < -0.39 is 17.7 Å². The smallest absolute Gasteiger partial charge is 0.407 e. The van der Waals surface area contributed by atoms with Gasteiger partial charge in [-0.25, -0.2) is 4.79 Å². The minimum absolute atomic E-state index is 0.0110. The molecule has 0 radical (unpaired) electrons. The second-order valence-electron chi connectivity index (χ2n) is 4.79. The largest absolute Gasteiger partial charge is 0.481 e. The summed E-state index contributed by atoms with van der Waals surface area (Å²) in [6.45, 7) is 5.73. The van der Waals surface area contributed by atoms with Gasteiger partial charge in [0, 0.05) is 9.75 Å². The highest BCUT2D eigenvalue weighted by Gasteiger charge is 2.15. The fourth-order valence-corrected chi connectivity index (χ4v) is 2.18. The van der Waals surface area contributed by atoms with Crippen molar-refractivity contribution in [2.75, 3.05) is 0 Å². The Morgan fingerprint density at radius 1 is 1.33 bits per heavy atom. The van der Waals surface area contributed by atoms with Crippen molar-refractivity contribution in [1.82, 2.24) is 5.32 Å². The Morgan fingerprint density at radius 2 is 1.94 bits per heavy atom. The van der Waals surface area contributed by atoms with E-state index in [-0.39, 0.29) is 6.42 Å². The average Bonchev–Trinajstić information content (AvgIpc) is 2.59. The van der Waals surface area contributed by atoms with Crippen LogP contribution in [0.25, 0.3) is 0 Å². The van der Waals surface area contributed by atoms with E-state index in [1.165, 1.54) is 11.3 Å². The second-order valence-corrected chi connectivity index (χ2v) is 6.05. The molecule has 18 heavy (non-hydrogen) atoms. The van der Waals surface area contributed by atoms with Crippen LogP contribution in [-0.4, -0.2) is 22.8 Å². The molecule has 0 atom stereocenters. The van der Waals surface area contributed by atoms with Crippen LogP contribution in [0, 0.1) is 0 Å². The average molecular weight is 271 g/mol. The standard InChI is InChI=1S/C12H17NO4S/c1-12(2,3)17-11(16)13-7-9-5-4-8(18-9)6-10(14)15/h4-5H,6-7H2,1-3H3,(H,13,16)(H,14,15). The lowest BCUT2D eigenvalue weighted by atomic mass is 10.2. The molecule has 0 unspecified atom stereocenters. The molecule has 0 saturated heterocycles. The summed E-state index contributed by atoms with van der Waals surface area (Å²) in [7, 11) is 0. The Balaban J connectivity index is 2.42. The van der Waals surface area contributed by atoms with Gasteiger partial charge >= 0.3 is 12.1 Å². The lowest BCUT2D eigenvalue weighted by Gasteiger charge is -2.19. The maximum atomic E-state index is 11.4. The van der Waals surface area contributed by atoms with Gasteiger partial charge in [0.15, 0.2) is 0 Å². The van der Waals surface area contributed by atoms with E-state index in [1.807, 2.05) is 0 Å². The highest BCUT2D eigenvalue weighted by Crippen LogP contribution is 2.17. The molecule has 0 aromatic carbocycles. The van der Waals surface area contributed by atoms with Crippen molar-refractivity contribution < 1.29 is 19.4 Å². The molecule has 0 aliphatic rings. The van der Waals surface area contributed by atoms with Crippen LogP contribution >= 0.6 is 11.3 Å². The molecule has 0 bridgehead atoms. The summed E-state index contributed by atoms with van der Waals surface area (Å²) in [5.41, 5.74) is -0.520. The number of ether oxygens (including phenoxy) is 1. The van der Waals surface area contributed by atoms with Gasteiger partial charge < -0.3 is 15.2 Å². The second kappa shape index (κ2) is 5.86. The lowest BCUT2D eigenvalue weighted by Crippen LogP contribution is -2.31. The van der Waals surface area contributed by atoms with Crippen molar-refractivity contribution in [3.05, 3.63) is 21.9 Å². The van der Waals surface area contributed by atoms with Crippen LogP contribution in [0.1, 0.15) is 30.5 Å². The number of nitrogens with one attached hydrogen (secondary N) is 1. The van der Waals surface area contributed by atoms with Crippen molar-refractivity contribution >= 4 is 23.4 Å². The number of hydrogen-bond acceptors (Lipinski definition) is 4. The van der Waals surface area contributed by atoms with Crippen molar-refractivity contribution in [3.8, 4) is 0 Å². The molecule has 0 fully saturated rings. The number of alkyl carbamates (subject to hydrolysis) is 1. The van der Waals surface area contributed by atoms with Gasteiger partial charge in [0.25, 0.3) is 0 Å². The van der Waals surface area contributed by atoms with E-state index in [0.717, 1.165) is 9.75 Å². The van der Waals surface area contributed by atoms with Crippen LogP contribution in [0.3, 0.4) is 0 Å². The minimum Gasteiger partial charge on any atom is -0.481 e. The predicted octanol–water partition coefficient (Wildman–Crippen LogP) is 2.40. The van der Waals surface area contributed by atoms with Crippen molar-refractivity contribution in [1.29, 1.82) is 0 Å². The van der Waals surface area contributed by atoms with Gasteiger partial charge in [0.05, 0.1) is 13.0 Å². The maximum absolute atomic E-state index is 11.4. The third-order valence-corrected chi connectivity index (χ3v) is 2.93. The molecular formula is C12H17NO4S. The summed E-state index contributed by atoms with van der Waals surface area (Å²) in [5, 5.41) is 11.3. The van der Waals surface area contributed by atoms with Crippen LogP contribution in [0.2, 0.25) is 0 Å². The number of carboxylic acids is 1. The highest BCUT2D eigenvalue weighted by molar-refractivity contribution is 7.12. The summed E-state index contributed by atoms with van der Waals surface area (Å²) >= 11 is 1.37. The van der Waals surface area contributed by atoms with Gasteiger partial charge in [0.2, 0.25) is 0 Å². The molecule has 2 N–H and O–H groups in total. The molecule has 0 aliphatic carbocycles. The quantitative estimate of drug-likeness (QED) is 0.881. The topological polar surface area (TPSA) is 75.6 Å². The van der Waals surface area contributed by atoms with E-state index in [4.69, 9.17) is 9.84 Å². The molecule has 0 spiro atoms. The minimum atomic E-state index is -0.858. The van der Waals surface area contributed by atoms with Crippen LogP contribution in [-0.2, 0) is 22.5 Å². The van der Waals surface area contributed by atoms with E-state index in [1.54, 1.807) is 32.9 Å². The van der Waals surface area contributed by atoms with Crippen molar-refractivity contribution in [3.63, 3.8) is 0 Å². The van der Waals surface area contributed by atoms with E-state index in [9.17, 15) is 9.59 Å². The van der Waals surface area contributed by atoms with Gasteiger partial charge in [-0.15, -0.1) is 11.3 Å². The number of carbonyl (C=O) groups excluding carboxylic acids is 1. The summed E-state index contributed by atoms with van der Waals surface area (Å²) < 4.78 is 5.09. The Kier molecular flexibility index (Phi) is 4.72. The zero-order valence-corrected chi connectivity index (χ0v) is 11.5. The van der Waals surface area contributed by atoms with Crippen LogP contribution < -0.4 is 5.32 Å². The summed E-state index contributed by atoms with van der Waals surface area (Å²) in [6.07, 6.45) is -0.465. The third kappa shape index (κ3) is 5.67. The number of thiophene rings is 1. The molecule has 1 aromatic rings. The highest BCUT2D eigenvalue weighted by atomic mass is 32.1. The normalized spacial score (nSPS) is 11.1. The van der Waals surface area contributed by atoms with E-state index in [2.05, 4.69) is 5.32 Å². The molecule has 100 valence electrons. The number of amides is 1. The van der Waals surface area contributed by atoms with Gasteiger partial charge in [0.1, 0.15) is 5.60 Å². The van der Waals surface area contributed by atoms with Gasteiger partial charge in [-0.05, 0) is 32.9 Å². The maximum Gasteiger partial charge on any atom is 0.407 e. The fourth-order valence-electron chi connectivity index (χ4n) is 1.23. The number of rotatable bonds is 4. The summed E-state index contributed by atoms with van der Waals surface area (Å²) in [5.74, 6) is -0.858. The van der Waals surface area contributed by atoms with Gasteiger partial charge in [-0.3, -0.25) is 4.79 Å². The lowest BCUT2D eigenvalue weighted by molar-refractivity contribution is -0.136. The molecule has 1 heterocycles. The SMILES string of the molecule is CC(C)(C)OC(=O)NCc1ccc(CC(=O)O)s1. The first-order valence-corrected chi connectivity index (χ1v) is 6.34. The third-order valence-electron chi connectivity index (χ3n) is 1.85. The van der Waals surface area contributed by atoms with Crippen LogP contribution in [0.4, 0.5) is 4.79 Å². The van der Waals surface area contributed by atoms with Crippen LogP contribution in [0.15, 0.2) is 12.1 Å². The van der Waals surface area contributed by atoms with Crippen molar-refractivity contribution in [2.24, 2.45) is 0 Å². The number of carboxylic acid groups (broad SMARTS) is 1. The molecule has 0 aliphatic heterocycles. The number of aliphatic carboxylic acids is 1. The monoisotopic (exact) mass is 271 g/mol. The Labute approximate surface area is 110 Å². The zero-order chi connectivity index (χ0) is 13.8. The molecule has 1 amide bonds. The van der Waals surface area contributed by atoms with Gasteiger partial charge in [-0.2, -0.15) is 0 Å². The summed E-state index contributed by atoms with van der Waals surface area (Å²) in [4.78, 5) is 23.6. The number of carbonyl (C=O) groups is 2. The Hall–Kier alpha value is -1.56. The van der Waals surface area contributed by atoms with E-state index in [0.29, 0.717) is 6.54 Å². The first kappa shape index (κ1) is 14.5. The fraction of sp³-hybridized carbons (Fsp3) is 0.500. The van der Waals surface area contributed by atoms with Crippen molar-refractivity contribution in [2.45, 2.75) is 39.3 Å². The molecule has 1 aromatic heterocycles. The number of hydrogen-bond donors (Lipinski definition) is 2. The zero-order valence-electron chi connectivity index (χ0n) is 10.6. The van der Waals surface area contributed by atoms with E-state index >= 15 is 0 Å². The summed E-state index contributed by atoms with van der Waals surface area (Å²) in [6, 6.07) is 3.56. The predicted molar refractivity (Wildman–Crippen MR) is 68.7 cm³/mol. The molecule has 0 saturated carbocycles. The van der Waals surface area contributed by atoms with Gasteiger partial charge in [-0.1, -0.05) is 0 Å².